The van der Waals surface area contributed by atoms with Gasteiger partial charge in [0.1, 0.15) is 0 Å². The van der Waals surface area contributed by atoms with Gasteiger partial charge in [-0.25, -0.2) is 0 Å². The van der Waals surface area contributed by atoms with Gasteiger partial charge < -0.3 is 20.3 Å². The standard InChI is InChI=1S/C66H127NO5/c1-3-5-7-9-11-13-15-17-19-21-23-24-25-26-28-29-31-34-38-42-46-50-54-58-64(69)63(62-68)67-65(70)59-55-51-47-43-39-35-33-37-41-45-49-53-57-61-72-66(71)60-56-52-48-44-40-36-32-30-27-22-20-18-16-14-12-10-8-6-4-2/h18,20,35,39,63-64,68-69H,3-17,19,21-34,36-38,40-62H2,1-2H3,(H,67,70)/b20-18-,39-35-. The molecule has 0 saturated carbocycles. The van der Waals surface area contributed by atoms with E-state index in [1.807, 2.05) is 0 Å². The van der Waals surface area contributed by atoms with Crippen LogP contribution >= 0.6 is 0 Å². The number of aliphatic hydroxyl groups is 2. The average molecular weight is 1010 g/mol. The van der Waals surface area contributed by atoms with Gasteiger partial charge in [-0.2, -0.15) is 0 Å². The fourth-order valence-electron chi connectivity index (χ4n) is 10.2. The smallest absolute Gasteiger partial charge is 0.305 e. The zero-order valence-electron chi connectivity index (χ0n) is 48.7. The number of ether oxygens (including phenoxy) is 1. The SMILES string of the molecule is CCCCCCCC/C=C\CCCCCCCCCCCC(=O)OCCCCCCCC/C=C\CCCCCC(=O)NC(CO)C(O)CCCCCCCCCCCCCCCCCCCCCCCCC. The molecule has 0 aromatic rings. The van der Waals surface area contributed by atoms with Crippen molar-refractivity contribution < 1.29 is 24.5 Å². The highest BCUT2D eigenvalue weighted by molar-refractivity contribution is 5.76. The van der Waals surface area contributed by atoms with Gasteiger partial charge in [0.15, 0.2) is 0 Å². The lowest BCUT2D eigenvalue weighted by atomic mass is 10.0. The molecular formula is C66H127NO5. The molecule has 3 N–H and O–H groups in total. The minimum atomic E-state index is -0.683. The average Bonchev–Trinajstić information content (AvgIpc) is 3.38. The van der Waals surface area contributed by atoms with Gasteiger partial charge in [-0.3, -0.25) is 9.59 Å². The number of carbonyl (C=O) groups excluding carboxylic acids is 2. The summed E-state index contributed by atoms with van der Waals surface area (Å²) in [5.74, 6) is -0.0730. The highest BCUT2D eigenvalue weighted by Gasteiger charge is 2.20. The lowest BCUT2D eigenvalue weighted by Crippen LogP contribution is -2.45. The van der Waals surface area contributed by atoms with Gasteiger partial charge in [-0.1, -0.05) is 295 Å². The van der Waals surface area contributed by atoms with E-state index >= 15 is 0 Å². The first-order valence-corrected chi connectivity index (χ1v) is 32.6. The number of unbranched alkanes of at least 4 members (excludes halogenated alkanes) is 46. The second kappa shape index (κ2) is 61.9. The number of rotatable bonds is 61. The van der Waals surface area contributed by atoms with Crippen molar-refractivity contribution in [1.82, 2.24) is 5.32 Å². The van der Waals surface area contributed by atoms with Gasteiger partial charge in [0.25, 0.3) is 0 Å². The number of amides is 1. The summed E-state index contributed by atoms with van der Waals surface area (Å²) in [6.45, 7) is 4.94. The van der Waals surface area contributed by atoms with Crippen LogP contribution in [0.25, 0.3) is 0 Å². The molecule has 0 rings (SSSR count). The molecule has 72 heavy (non-hydrogen) atoms. The van der Waals surface area contributed by atoms with Gasteiger partial charge in [-0.05, 0) is 77.0 Å². The summed E-state index contributed by atoms with van der Waals surface area (Å²) >= 11 is 0. The van der Waals surface area contributed by atoms with E-state index in [0.29, 0.717) is 25.9 Å². The van der Waals surface area contributed by atoms with Crippen LogP contribution in [-0.4, -0.2) is 47.4 Å². The molecule has 0 aliphatic heterocycles. The highest BCUT2D eigenvalue weighted by Crippen LogP contribution is 2.18. The zero-order chi connectivity index (χ0) is 52.2. The van der Waals surface area contributed by atoms with Crippen molar-refractivity contribution in [1.29, 1.82) is 0 Å². The first-order chi connectivity index (χ1) is 35.5. The van der Waals surface area contributed by atoms with Crippen molar-refractivity contribution in [3.8, 4) is 0 Å². The second-order valence-corrected chi connectivity index (χ2v) is 22.4. The quantitative estimate of drug-likeness (QED) is 0.0320. The third-order valence-corrected chi connectivity index (χ3v) is 15.2. The maximum Gasteiger partial charge on any atom is 0.305 e. The molecule has 426 valence electrons. The zero-order valence-corrected chi connectivity index (χ0v) is 48.7. The lowest BCUT2D eigenvalue weighted by molar-refractivity contribution is -0.143. The van der Waals surface area contributed by atoms with E-state index in [1.165, 1.54) is 257 Å². The number of hydrogen-bond acceptors (Lipinski definition) is 5. The first kappa shape index (κ1) is 70.3. The monoisotopic (exact) mass is 1010 g/mol. The predicted molar refractivity (Wildman–Crippen MR) is 315 cm³/mol. The Morgan fingerprint density at radius 1 is 0.375 bits per heavy atom. The minimum Gasteiger partial charge on any atom is -0.466 e. The molecule has 0 fully saturated rings. The van der Waals surface area contributed by atoms with Crippen molar-refractivity contribution in [2.45, 2.75) is 373 Å². The van der Waals surface area contributed by atoms with Crippen LogP contribution in [0.3, 0.4) is 0 Å². The van der Waals surface area contributed by atoms with Crippen LogP contribution in [0.5, 0.6) is 0 Å². The Balaban J connectivity index is 3.46. The van der Waals surface area contributed by atoms with Crippen LogP contribution in [0.2, 0.25) is 0 Å². The molecular weight excluding hydrogens is 887 g/mol. The molecule has 0 aromatic carbocycles. The number of nitrogens with one attached hydrogen (secondary N) is 1. The summed E-state index contributed by atoms with van der Waals surface area (Å²) in [7, 11) is 0. The van der Waals surface area contributed by atoms with E-state index in [-0.39, 0.29) is 18.5 Å². The normalized spacial score (nSPS) is 12.7. The Morgan fingerprint density at radius 3 is 1.00 bits per heavy atom. The van der Waals surface area contributed by atoms with E-state index in [1.54, 1.807) is 0 Å². The fourth-order valence-corrected chi connectivity index (χ4v) is 10.2. The van der Waals surface area contributed by atoms with Gasteiger partial charge in [0.2, 0.25) is 5.91 Å². The summed E-state index contributed by atoms with van der Waals surface area (Å²) in [6.07, 6.45) is 76.2. The Bertz CT molecular complexity index is 1120. The molecule has 0 bridgehead atoms. The number of carbonyl (C=O) groups is 2. The summed E-state index contributed by atoms with van der Waals surface area (Å²) in [4.78, 5) is 24.6. The van der Waals surface area contributed by atoms with Crippen LogP contribution in [-0.2, 0) is 14.3 Å². The van der Waals surface area contributed by atoms with Crippen molar-refractivity contribution in [3.63, 3.8) is 0 Å². The Hall–Kier alpha value is -1.66. The summed E-state index contributed by atoms with van der Waals surface area (Å²) in [6, 6.07) is -0.563. The second-order valence-electron chi connectivity index (χ2n) is 22.4. The molecule has 6 heteroatoms. The molecule has 2 atom stereocenters. The van der Waals surface area contributed by atoms with Crippen molar-refractivity contribution in [2.24, 2.45) is 0 Å². The fraction of sp³-hybridized carbons (Fsp3) is 0.909. The molecule has 0 saturated heterocycles. The predicted octanol–water partition coefficient (Wildman–Crippen LogP) is 20.6. The van der Waals surface area contributed by atoms with Crippen LogP contribution in [0.4, 0.5) is 0 Å². The van der Waals surface area contributed by atoms with Gasteiger partial charge in [0.05, 0.1) is 25.4 Å². The van der Waals surface area contributed by atoms with Gasteiger partial charge in [-0.15, -0.1) is 0 Å². The maximum atomic E-state index is 12.5. The van der Waals surface area contributed by atoms with E-state index in [2.05, 4.69) is 43.5 Å². The summed E-state index contributed by atoms with van der Waals surface area (Å²) in [5.41, 5.74) is 0. The molecule has 0 spiro atoms. The molecule has 0 aliphatic carbocycles. The van der Waals surface area contributed by atoms with Crippen LogP contribution in [0.15, 0.2) is 24.3 Å². The Kier molecular flexibility index (Phi) is 60.5. The molecule has 0 radical (unpaired) electrons. The molecule has 0 aromatic heterocycles. The highest BCUT2D eigenvalue weighted by atomic mass is 16.5. The first-order valence-electron chi connectivity index (χ1n) is 32.6. The van der Waals surface area contributed by atoms with Crippen LogP contribution < -0.4 is 5.32 Å². The van der Waals surface area contributed by atoms with Gasteiger partial charge >= 0.3 is 5.97 Å². The van der Waals surface area contributed by atoms with E-state index < -0.39 is 12.1 Å². The number of aliphatic hydroxyl groups excluding tert-OH is 2. The van der Waals surface area contributed by atoms with E-state index in [9.17, 15) is 19.8 Å². The van der Waals surface area contributed by atoms with E-state index in [0.717, 1.165) is 70.6 Å². The third kappa shape index (κ3) is 57.6. The number of allylic oxidation sites excluding steroid dienone is 4. The Morgan fingerprint density at radius 2 is 0.653 bits per heavy atom. The minimum absolute atomic E-state index is 0.0119. The number of hydrogen-bond donors (Lipinski definition) is 3. The van der Waals surface area contributed by atoms with Crippen LogP contribution in [0.1, 0.15) is 361 Å². The third-order valence-electron chi connectivity index (χ3n) is 15.2. The Labute approximate surface area is 450 Å². The van der Waals surface area contributed by atoms with Crippen molar-refractivity contribution in [2.75, 3.05) is 13.2 Å². The van der Waals surface area contributed by atoms with Crippen molar-refractivity contribution in [3.05, 3.63) is 24.3 Å². The molecule has 0 heterocycles. The topological polar surface area (TPSA) is 95.9 Å². The molecule has 2 unspecified atom stereocenters. The molecule has 0 aliphatic rings. The summed E-state index contributed by atoms with van der Waals surface area (Å²) in [5, 5.41) is 23.4. The molecule has 6 nitrogen and oxygen atoms in total. The summed E-state index contributed by atoms with van der Waals surface area (Å²) < 4.78 is 5.49. The van der Waals surface area contributed by atoms with Gasteiger partial charge in [0, 0.05) is 12.8 Å². The lowest BCUT2D eigenvalue weighted by Gasteiger charge is -2.22. The number of esters is 1. The molecule has 1 amide bonds. The van der Waals surface area contributed by atoms with Crippen LogP contribution in [0, 0.1) is 0 Å². The largest absolute Gasteiger partial charge is 0.466 e. The van der Waals surface area contributed by atoms with E-state index in [4.69, 9.17) is 4.74 Å². The van der Waals surface area contributed by atoms with Crippen molar-refractivity contribution >= 4 is 11.9 Å². The maximum absolute atomic E-state index is 12.5.